The normalized spacial score (nSPS) is 9.83. The third-order valence-corrected chi connectivity index (χ3v) is 3.12. The van der Waals surface area contributed by atoms with E-state index in [1.807, 2.05) is 6.07 Å². The van der Waals surface area contributed by atoms with Crippen LogP contribution in [0.3, 0.4) is 0 Å². The average Bonchev–Trinajstić information content (AvgIpc) is 2.60. The van der Waals surface area contributed by atoms with Gasteiger partial charge in [0, 0.05) is 6.07 Å². The highest BCUT2D eigenvalue weighted by Crippen LogP contribution is 2.28. The van der Waals surface area contributed by atoms with Crippen LogP contribution in [0.4, 0.5) is 5.69 Å². The van der Waals surface area contributed by atoms with Crippen LogP contribution in [-0.4, -0.2) is 17.5 Å². The second-order valence-electron chi connectivity index (χ2n) is 4.76. The van der Waals surface area contributed by atoms with Gasteiger partial charge in [0.2, 0.25) is 0 Å². The zero-order valence-electron chi connectivity index (χ0n) is 12.9. The first-order valence-electron chi connectivity index (χ1n) is 7.12. The number of ether oxygens (including phenoxy) is 2. The molecule has 0 saturated heterocycles. The van der Waals surface area contributed by atoms with Gasteiger partial charge >= 0.3 is 11.7 Å². The summed E-state index contributed by atoms with van der Waals surface area (Å²) in [4.78, 5) is 22.5. The molecule has 24 heavy (non-hydrogen) atoms. The van der Waals surface area contributed by atoms with Crippen molar-refractivity contribution < 1.29 is 19.2 Å². The fraction of sp³-hybridized carbons (Fsp3) is 0.176. The smallest absolute Gasteiger partial charge is 0.338 e. The van der Waals surface area contributed by atoms with Gasteiger partial charge in [-0.05, 0) is 36.8 Å². The third-order valence-electron chi connectivity index (χ3n) is 3.12. The Bertz CT molecular complexity index is 811. The third kappa shape index (κ3) is 4.08. The molecule has 2 aromatic rings. The number of hydrogen-bond acceptors (Lipinski definition) is 6. The molecule has 7 nitrogen and oxygen atoms in total. The summed E-state index contributed by atoms with van der Waals surface area (Å²) in [5.74, 6) is -0.593. The molecule has 0 bridgehead atoms. The van der Waals surface area contributed by atoms with Crippen LogP contribution < -0.4 is 4.74 Å². The number of nitrogens with zero attached hydrogens (tertiary/aromatic N) is 2. The lowest BCUT2D eigenvalue weighted by molar-refractivity contribution is -0.385. The number of nitro benzene ring substituents is 1. The topological polar surface area (TPSA) is 102 Å². The van der Waals surface area contributed by atoms with E-state index in [1.54, 1.807) is 31.2 Å². The fourth-order valence-corrected chi connectivity index (χ4v) is 2.03. The minimum atomic E-state index is -0.691. The first-order chi connectivity index (χ1) is 11.5. The van der Waals surface area contributed by atoms with Gasteiger partial charge in [0.05, 0.1) is 28.7 Å². The van der Waals surface area contributed by atoms with Crippen molar-refractivity contribution in [3.05, 3.63) is 69.3 Å². The lowest BCUT2D eigenvalue weighted by atomic mass is 10.1. The van der Waals surface area contributed by atoms with Crippen molar-refractivity contribution in [2.75, 3.05) is 6.61 Å². The van der Waals surface area contributed by atoms with Crippen molar-refractivity contribution in [2.24, 2.45) is 0 Å². The van der Waals surface area contributed by atoms with E-state index in [4.69, 9.17) is 14.7 Å². The fourth-order valence-electron chi connectivity index (χ4n) is 2.03. The van der Waals surface area contributed by atoms with Gasteiger partial charge in [-0.1, -0.05) is 12.1 Å². The Labute approximate surface area is 138 Å². The van der Waals surface area contributed by atoms with Gasteiger partial charge in [-0.25, -0.2) is 4.79 Å². The molecule has 0 aromatic heterocycles. The number of hydrogen-bond donors (Lipinski definition) is 0. The van der Waals surface area contributed by atoms with Gasteiger partial charge in [-0.3, -0.25) is 10.1 Å². The molecule has 0 N–H and O–H groups in total. The minimum absolute atomic E-state index is 0.0324. The Morgan fingerprint density at radius 3 is 2.75 bits per heavy atom. The number of benzene rings is 2. The maximum Gasteiger partial charge on any atom is 0.338 e. The molecule has 0 radical (unpaired) electrons. The highest BCUT2D eigenvalue weighted by atomic mass is 16.6. The number of carbonyl (C=O) groups is 1. The van der Waals surface area contributed by atoms with E-state index in [2.05, 4.69) is 0 Å². The summed E-state index contributed by atoms with van der Waals surface area (Å²) in [6, 6.07) is 12.5. The molecular formula is C17H14N2O5. The lowest BCUT2D eigenvalue weighted by Crippen LogP contribution is -2.07. The van der Waals surface area contributed by atoms with Crippen LogP contribution in [0.2, 0.25) is 0 Å². The van der Waals surface area contributed by atoms with Gasteiger partial charge in [-0.2, -0.15) is 5.26 Å². The summed E-state index contributed by atoms with van der Waals surface area (Å²) in [6.07, 6.45) is 0. The number of nitro groups is 1. The lowest BCUT2D eigenvalue weighted by Gasteiger charge is -2.07. The van der Waals surface area contributed by atoms with E-state index in [1.165, 1.54) is 12.1 Å². The van der Waals surface area contributed by atoms with Crippen LogP contribution in [0.1, 0.15) is 28.4 Å². The highest BCUT2D eigenvalue weighted by Gasteiger charge is 2.19. The largest absolute Gasteiger partial charge is 0.487 e. The van der Waals surface area contributed by atoms with Gasteiger partial charge < -0.3 is 9.47 Å². The van der Waals surface area contributed by atoms with Crippen LogP contribution in [-0.2, 0) is 11.3 Å². The van der Waals surface area contributed by atoms with E-state index in [9.17, 15) is 14.9 Å². The van der Waals surface area contributed by atoms with Crippen LogP contribution in [0.25, 0.3) is 0 Å². The van der Waals surface area contributed by atoms with Gasteiger partial charge in [0.15, 0.2) is 5.75 Å². The quantitative estimate of drug-likeness (QED) is 0.459. The SMILES string of the molecule is CCOc1ccc(C(=O)OCc2cccc(C#N)c2)cc1[N+](=O)[O-]. The van der Waals surface area contributed by atoms with Crippen molar-refractivity contribution >= 4 is 11.7 Å². The maximum absolute atomic E-state index is 12.1. The van der Waals surface area contributed by atoms with Crippen LogP contribution in [0.5, 0.6) is 5.75 Å². The molecular weight excluding hydrogens is 312 g/mol. The Morgan fingerprint density at radius 1 is 1.29 bits per heavy atom. The van der Waals surface area contributed by atoms with Crippen molar-refractivity contribution in [3.8, 4) is 11.8 Å². The zero-order valence-corrected chi connectivity index (χ0v) is 12.9. The molecule has 0 amide bonds. The number of rotatable bonds is 6. The molecule has 2 aromatic carbocycles. The summed E-state index contributed by atoms with van der Waals surface area (Å²) in [6.45, 7) is 1.95. The monoisotopic (exact) mass is 326 g/mol. The molecule has 0 heterocycles. The summed E-state index contributed by atoms with van der Waals surface area (Å²) in [5.41, 5.74) is 0.877. The first-order valence-corrected chi connectivity index (χ1v) is 7.12. The van der Waals surface area contributed by atoms with Crippen molar-refractivity contribution in [1.29, 1.82) is 5.26 Å². The van der Waals surface area contributed by atoms with E-state index in [0.29, 0.717) is 11.1 Å². The van der Waals surface area contributed by atoms with E-state index in [-0.39, 0.29) is 30.2 Å². The molecule has 0 spiro atoms. The van der Waals surface area contributed by atoms with E-state index >= 15 is 0 Å². The Kier molecular flexibility index (Phi) is 5.47. The molecule has 0 fully saturated rings. The molecule has 0 atom stereocenters. The Hall–Kier alpha value is -3.40. The van der Waals surface area contributed by atoms with Crippen molar-refractivity contribution in [1.82, 2.24) is 0 Å². The molecule has 0 saturated carbocycles. The van der Waals surface area contributed by atoms with Crippen LogP contribution in [0.15, 0.2) is 42.5 Å². The average molecular weight is 326 g/mol. The maximum atomic E-state index is 12.1. The van der Waals surface area contributed by atoms with Crippen LogP contribution in [0, 0.1) is 21.4 Å². The second kappa shape index (κ2) is 7.74. The molecule has 0 aliphatic carbocycles. The Balaban J connectivity index is 2.13. The predicted octanol–water partition coefficient (Wildman–Crippen LogP) is 3.22. The first kappa shape index (κ1) is 17.0. The second-order valence-corrected chi connectivity index (χ2v) is 4.76. The van der Waals surface area contributed by atoms with Gasteiger partial charge in [-0.15, -0.1) is 0 Å². The van der Waals surface area contributed by atoms with Crippen molar-refractivity contribution in [2.45, 2.75) is 13.5 Å². The van der Waals surface area contributed by atoms with E-state index < -0.39 is 10.9 Å². The Morgan fingerprint density at radius 2 is 2.08 bits per heavy atom. The van der Waals surface area contributed by atoms with E-state index in [0.717, 1.165) is 6.07 Å². The summed E-state index contributed by atoms with van der Waals surface area (Å²) in [7, 11) is 0. The number of nitriles is 1. The summed E-state index contributed by atoms with van der Waals surface area (Å²) >= 11 is 0. The number of carbonyl (C=O) groups excluding carboxylic acids is 1. The molecule has 0 aliphatic rings. The van der Waals surface area contributed by atoms with Crippen LogP contribution >= 0.6 is 0 Å². The van der Waals surface area contributed by atoms with Crippen molar-refractivity contribution in [3.63, 3.8) is 0 Å². The van der Waals surface area contributed by atoms with Gasteiger partial charge in [0.1, 0.15) is 6.61 Å². The predicted molar refractivity (Wildman–Crippen MR) is 84.5 cm³/mol. The summed E-state index contributed by atoms with van der Waals surface area (Å²) in [5, 5.41) is 19.9. The summed E-state index contributed by atoms with van der Waals surface area (Å²) < 4.78 is 10.3. The van der Waals surface area contributed by atoms with Gasteiger partial charge in [0.25, 0.3) is 0 Å². The highest BCUT2D eigenvalue weighted by molar-refractivity contribution is 5.90. The standard InChI is InChI=1S/C17H14N2O5/c1-2-23-16-7-6-14(9-15(16)19(21)22)17(20)24-11-13-5-3-4-12(8-13)10-18/h3-9H,2,11H2,1H3. The number of esters is 1. The molecule has 122 valence electrons. The zero-order chi connectivity index (χ0) is 17.5. The molecule has 0 aliphatic heterocycles. The molecule has 7 heteroatoms. The molecule has 2 rings (SSSR count). The minimum Gasteiger partial charge on any atom is -0.487 e. The molecule has 0 unspecified atom stereocenters.